The van der Waals surface area contributed by atoms with E-state index in [0.29, 0.717) is 6.04 Å². The van der Waals surface area contributed by atoms with Crippen LogP contribution in [-0.4, -0.2) is 42.2 Å². The van der Waals surface area contributed by atoms with Crippen molar-refractivity contribution < 1.29 is 4.74 Å². The van der Waals surface area contributed by atoms with Crippen molar-refractivity contribution in [3.05, 3.63) is 34.4 Å². The Kier molecular flexibility index (Phi) is 4.74. The van der Waals surface area contributed by atoms with Gasteiger partial charge in [-0.05, 0) is 68.3 Å². The van der Waals surface area contributed by atoms with E-state index >= 15 is 0 Å². The van der Waals surface area contributed by atoms with E-state index in [0.717, 1.165) is 23.6 Å². The molecule has 0 spiro atoms. The van der Waals surface area contributed by atoms with Crippen LogP contribution in [0.5, 0.6) is 0 Å². The van der Waals surface area contributed by atoms with Crippen molar-refractivity contribution in [1.82, 2.24) is 9.88 Å². The molecule has 0 aliphatic carbocycles. The number of aromatic amines is 1. The fourth-order valence-electron chi connectivity index (χ4n) is 4.20. The minimum Gasteiger partial charge on any atom is -0.381 e. The van der Waals surface area contributed by atoms with Crippen LogP contribution in [0.25, 0.3) is 10.9 Å². The smallest absolute Gasteiger partial charge is 0.0469 e. The number of H-pyrrole nitrogens is 1. The van der Waals surface area contributed by atoms with E-state index in [-0.39, 0.29) is 0 Å². The Bertz CT molecular complexity index is 662. The summed E-state index contributed by atoms with van der Waals surface area (Å²) < 4.78 is 6.67. The van der Waals surface area contributed by atoms with Crippen LogP contribution in [0.3, 0.4) is 0 Å². The van der Waals surface area contributed by atoms with E-state index in [1.54, 1.807) is 0 Å². The first-order chi connectivity index (χ1) is 11.3. The summed E-state index contributed by atoms with van der Waals surface area (Å²) in [6, 6.07) is 7.22. The van der Waals surface area contributed by atoms with Crippen LogP contribution < -0.4 is 0 Å². The average Bonchev–Trinajstić information content (AvgIpc) is 3.16. The van der Waals surface area contributed by atoms with Crippen LogP contribution in [0.4, 0.5) is 0 Å². The van der Waals surface area contributed by atoms with Gasteiger partial charge < -0.3 is 9.72 Å². The minimum atomic E-state index is 0.704. The van der Waals surface area contributed by atoms with Gasteiger partial charge in [0.25, 0.3) is 0 Å². The zero-order chi connectivity index (χ0) is 15.6. The maximum Gasteiger partial charge on any atom is 0.0469 e. The summed E-state index contributed by atoms with van der Waals surface area (Å²) in [4.78, 5) is 6.17. The Balaban J connectivity index is 1.46. The molecule has 0 unspecified atom stereocenters. The number of nitrogens with one attached hydrogen (secondary N) is 1. The quantitative estimate of drug-likeness (QED) is 0.858. The third-order valence-electron chi connectivity index (χ3n) is 5.52. The van der Waals surface area contributed by atoms with Gasteiger partial charge in [0, 0.05) is 47.4 Å². The first-order valence-electron chi connectivity index (χ1n) is 8.87. The number of hydrogen-bond donors (Lipinski definition) is 1. The second-order valence-electron chi connectivity index (χ2n) is 7.05. The number of hydrogen-bond acceptors (Lipinski definition) is 2. The highest BCUT2D eigenvalue weighted by Gasteiger charge is 2.28. The second-order valence-corrected chi connectivity index (χ2v) is 7.97. The standard InChI is InChI=1S/C19H25BrN2O/c20-16-3-4-19-18(11-16)15(12-21-19)10-17-2-1-7-22(17)13-14-5-8-23-9-6-14/h3-4,11-12,14,17,21H,1-2,5-10,13H2/t17-/m1/s1. The molecular weight excluding hydrogens is 352 g/mol. The molecule has 0 radical (unpaired) electrons. The molecule has 2 saturated heterocycles. The first-order valence-corrected chi connectivity index (χ1v) is 9.66. The lowest BCUT2D eigenvalue weighted by Gasteiger charge is -2.31. The monoisotopic (exact) mass is 376 g/mol. The molecule has 1 atom stereocenters. The molecular formula is C19H25BrN2O. The van der Waals surface area contributed by atoms with Gasteiger partial charge in [-0.1, -0.05) is 15.9 Å². The van der Waals surface area contributed by atoms with E-state index in [2.05, 4.69) is 50.2 Å². The largest absolute Gasteiger partial charge is 0.381 e. The van der Waals surface area contributed by atoms with Crippen molar-refractivity contribution in [1.29, 1.82) is 0 Å². The Morgan fingerprint density at radius 3 is 2.96 bits per heavy atom. The van der Waals surface area contributed by atoms with Gasteiger partial charge in [-0.25, -0.2) is 0 Å². The lowest BCUT2D eigenvalue weighted by molar-refractivity contribution is 0.0507. The predicted octanol–water partition coefficient (Wildman–Crippen LogP) is 4.36. The third kappa shape index (κ3) is 3.49. The second kappa shape index (κ2) is 6.96. The zero-order valence-corrected chi connectivity index (χ0v) is 15.1. The van der Waals surface area contributed by atoms with E-state index in [1.165, 1.54) is 61.7 Å². The van der Waals surface area contributed by atoms with E-state index in [4.69, 9.17) is 4.74 Å². The molecule has 1 N–H and O–H groups in total. The Labute approximate surface area is 146 Å². The number of fused-ring (bicyclic) bond motifs is 1. The number of nitrogens with zero attached hydrogens (tertiary/aromatic N) is 1. The number of rotatable bonds is 4. The van der Waals surface area contributed by atoms with Crippen LogP contribution >= 0.6 is 15.9 Å². The maximum atomic E-state index is 5.51. The molecule has 124 valence electrons. The number of halogens is 1. The van der Waals surface area contributed by atoms with Gasteiger partial charge in [0.2, 0.25) is 0 Å². The highest BCUT2D eigenvalue weighted by Crippen LogP contribution is 2.29. The molecule has 0 bridgehead atoms. The average molecular weight is 377 g/mol. The highest BCUT2D eigenvalue weighted by atomic mass is 79.9. The van der Waals surface area contributed by atoms with Crippen LogP contribution in [-0.2, 0) is 11.2 Å². The van der Waals surface area contributed by atoms with Gasteiger partial charge in [-0.2, -0.15) is 0 Å². The SMILES string of the molecule is Brc1ccc2[nH]cc(C[C@H]3CCCN3CC3CCOCC3)c2c1. The predicted molar refractivity (Wildman–Crippen MR) is 97.8 cm³/mol. The Morgan fingerprint density at radius 2 is 2.09 bits per heavy atom. The molecule has 0 amide bonds. The molecule has 2 aliphatic rings. The van der Waals surface area contributed by atoms with Crippen molar-refractivity contribution >= 4 is 26.8 Å². The van der Waals surface area contributed by atoms with Gasteiger partial charge in [-0.15, -0.1) is 0 Å². The minimum absolute atomic E-state index is 0.704. The summed E-state index contributed by atoms with van der Waals surface area (Å²) in [6.45, 7) is 4.45. The van der Waals surface area contributed by atoms with Crippen molar-refractivity contribution in [2.45, 2.75) is 38.1 Å². The summed E-state index contributed by atoms with van der Waals surface area (Å²) in [5.41, 5.74) is 2.71. The Hall–Kier alpha value is -0.840. The van der Waals surface area contributed by atoms with Crippen molar-refractivity contribution in [3.8, 4) is 0 Å². The topological polar surface area (TPSA) is 28.3 Å². The molecule has 4 heteroatoms. The summed E-state index contributed by atoms with van der Waals surface area (Å²) in [7, 11) is 0. The molecule has 2 fully saturated rings. The number of ether oxygens (including phenoxy) is 1. The lowest BCUT2D eigenvalue weighted by atomic mass is 9.98. The van der Waals surface area contributed by atoms with Crippen molar-refractivity contribution in [2.75, 3.05) is 26.3 Å². The third-order valence-corrected chi connectivity index (χ3v) is 6.01. The highest BCUT2D eigenvalue weighted by molar-refractivity contribution is 9.10. The summed E-state index contributed by atoms with van der Waals surface area (Å²) in [5.74, 6) is 0.835. The van der Waals surface area contributed by atoms with E-state index in [9.17, 15) is 0 Å². The van der Waals surface area contributed by atoms with Crippen LogP contribution in [0, 0.1) is 5.92 Å². The van der Waals surface area contributed by atoms with Gasteiger partial charge in [-0.3, -0.25) is 4.90 Å². The Morgan fingerprint density at radius 1 is 1.22 bits per heavy atom. The molecule has 1 aromatic carbocycles. The fraction of sp³-hybridized carbons (Fsp3) is 0.579. The fourth-order valence-corrected chi connectivity index (χ4v) is 4.56. The molecule has 23 heavy (non-hydrogen) atoms. The molecule has 3 heterocycles. The van der Waals surface area contributed by atoms with Gasteiger partial charge in [0.15, 0.2) is 0 Å². The summed E-state index contributed by atoms with van der Waals surface area (Å²) >= 11 is 3.61. The lowest BCUT2D eigenvalue weighted by Crippen LogP contribution is -2.37. The van der Waals surface area contributed by atoms with Crippen LogP contribution in [0.15, 0.2) is 28.9 Å². The summed E-state index contributed by atoms with van der Waals surface area (Å²) in [5, 5.41) is 1.37. The van der Waals surface area contributed by atoms with E-state index in [1.807, 2.05) is 0 Å². The van der Waals surface area contributed by atoms with Gasteiger partial charge in [0.05, 0.1) is 0 Å². The first kappa shape index (κ1) is 15.7. The summed E-state index contributed by atoms with van der Waals surface area (Å²) in [6.07, 6.45) is 8.54. The maximum absolute atomic E-state index is 5.51. The van der Waals surface area contributed by atoms with Crippen molar-refractivity contribution in [3.63, 3.8) is 0 Å². The van der Waals surface area contributed by atoms with Crippen molar-refractivity contribution in [2.24, 2.45) is 5.92 Å². The van der Waals surface area contributed by atoms with Crippen LogP contribution in [0.1, 0.15) is 31.2 Å². The molecule has 2 aliphatic heterocycles. The van der Waals surface area contributed by atoms with E-state index < -0.39 is 0 Å². The van der Waals surface area contributed by atoms with Gasteiger partial charge in [0.1, 0.15) is 0 Å². The molecule has 3 nitrogen and oxygen atoms in total. The number of likely N-dealkylation sites (tertiary alicyclic amines) is 1. The zero-order valence-electron chi connectivity index (χ0n) is 13.6. The number of benzene rings is 1. The molecule has 0 saturated carbocycles. The molecule has 4 rings (SSSR count). The van der Waals surface area contributed by atoms with Gasteiger partial charge >= 0.3 is 0 Å². The molecule has 2 aromatic rings. The molecule has 1 aromatic heterocycles. The number of aromatic nitrogens is 1. The normalized spacial score (nSPS) is 23.8. The van der Waals surface area contributed by atoms with Crippen LogP contribution in [0.2, 0.25) is 0 Å².